The van der Waals surface area contributed by atoms with Gasteiger partial charge >= 0.3 is 29.8 Å². The summed E-state index contributed by atoms with van der Waals surface area (Å²) in [6.45, 7) is 20.6. The molecule has 5 amide bonds. The summed E-state index contributed by atoms with van der Waals surface area (Å²) in [7, 11) is 0. The Bertz CT molecular complexity index is 1630. The number of thioether (sulfide) groups is 1. The first-order valence-corrected chi connectivity index (χ1v) is 22.1. The van der Waals surface area contributed by atoms with Gasteiger partial charge < -0.3 is 50.6 Å². The highest BCUT2D eigenvalue weighted by atomic mass is 32.2. The van der Waals surface area contributed by atoms with E-state index in [0.717, 1.165) is 6.92 Å². The zero-order chi connectivity index (χ0) is 49.1. The molecule has 63 heavy (non-hydrogen) atoms. The number of carboxylic acids is 1. The van der Waals surface area contributed by atoms with Crippen molar-refractivity contribution in [3.8, 4) is 0 Å². The molecule has 0 aliphatic heterocycles. The summed E-state index contributed by atoms with van der Waals surface area (Å²) in [6.07, 6.45) is -1.17. The largest absolute Gasteiger partial charge is 0.480 e. The highest BCUT2D eigenvalue weighted by Crippen LogP contribution is 2.15. The van der Waals surface area contributed by atoms with E-state index >= 15 is 0 Å². The van der Waals surface area contributed by atoms with Crippen LogP contribution in [0, 0.1) is 0 Å². The first-order chi connectivity index (χ1) is 28.6. The van der Waals surface area contributed by atoms with Crippen molar-refractivity contribution >= 4 is 71.1 Å². The Morgan fingerprint density at radius 1 is 0.444 bits per heavy atom. The number of ether oxygens (including phenoxy) is 4. The van der Waals surface area contributed by atoms with E-state index in [1.165, 1.54) is 11.8 Å². The third-order valence-electron chi connectivity index (χ3n) is 7.78. The summed E-state index contributed by atoms with van der Waals surface area (Å²) in [5.74, 6) is -8.76. The van der Waals surface area contributed by atoms with Crippen molar-refractivity contribution in [2.24, 2.45) is 0 Å². The Morgan fingerprint density at radius 3 is 1.03 bits per heavy atom. The number of hydrogen-bond donors (Lipinski definition) is 6. The van der Waals surface area contributed by atoms with Gasteiger partial charge in [0.25, 0.3) is 0 Å². The van der Waals surface area contributed by atoms with Crippen LogP contribution in [0.15, 0.2) is 0 Å². The van der Waals surface area contributed by atoms with E-state index in [0.29, 0.717) is 0 Å². The van der Waals surface area contributed by atoms with E-state index in [1.54, 1.807) is 89.3 Å². The van der Waals surface area contributed by atoms with Crippen LogP contribution in [0.25, 0.3) is 0 Å². The lowest BCUT2D eigenvalue weighted by Gasteiger charge is -2.27. The summed E-state index contributed by atoms with van der Waals surface area (Å²) in [5.41, 5.74) is -3.56. The first-order valence-electron chi connectivity index (χ1n) is 20.7. The molecule has 0 aromatic rings. The first kappa shape index (κ1) is 58.0. The van der Waals surface area contributed by atoms with Gasteiger partial charge in [-0.1, -0.05) is 0 Å². The predicted octanol–water partition coefficient (Wildman–Crippen LogP) is 2.37. The van der Waals surface area contributed by atoms with Crippen LogP contribution in [0.2, 0.25) is 0 Å². The average molecular weight is 918 g/mol. The minimum Gasteiger partial charge on any atom is -0.480 e. The molecule has 5 atom stereocenters. The number of nitrogens with one attached hydrogen (secondary N) is 5. The minimum atomic E-state index is -1.61. The molecule has 0 fully saturated rings. The fourth-order valence-electron chi connectivity index (χ4n) is 5.36. The fourth-order valence-corrected chi connectivity index (χ4v) is 5.83. The molecular weight excluding hydrogens is 847 g/mol. The van der Waals surface area contributed by atoms with Crippen molar-refractivity contribution in [2.45, 2.75) is 194 Å². The molecular formula is C42H71N5O15S. The molecule has 0 radical (unpaired) electrons. The number of carbonyl (C=O) groups excluding carboxylic acids is 9. The Hall–Kier alpha value is -4.95. The summed E-state index contributed by atoms with van der Waals surface area (Å²) < 4.78 is 21.3. The molecule has 21 heteroatoms. The van der Waals surface area contributed by atoms with E-state index in [-0.39, 0.29) is 44.3 Å². The maximum absolute atomic E-state index is 14.0. The lowest BCUT2D eigenvalue weighted by molar-refractivity contribution is -0.157. The number of aliphatic carboxylic acids is 1. The third-order valence-corrected chi connectivity index (χ3v) is 8.42. The molecule has 0 aliphatic rings. The molecule has 0 aromatic heterocycles. The molecule has 0 bridgehead atoms. The standard InChI is InChI=1S/C42H71N5O15S/c1-24(48)43-29(23-33(52)62-42(11,12)13)37(56)45-25(15-18-30(49)59-39(2,3)4)34(53)46-27(21-22-63-14)36(55)44-26(16-19-31(50)60-40(5,6)7)35(54)47-28(38(57)58)17-20-32(51)61-41(8,9)10/h25-29H,15-23H2,1-14H3,(H,43,48)(H,44,55)(H,45,56)(H,46,53)(H,47,54)(H,57,58)/t25-,26-,27-,28-,29-/m0/s1. The lowest BCUT2D eigenvalue weighted by Crippen LogP contribution is -2.59. The summed E-state index contributed by atoms with van der Waals surface area (Å²) >= 11 is 1.31. The lowest BCUT2D eigenvalue weighted by atomic mass is 10.1. The Balaban J connectivity index is 6.74. The predicted molar refractivity (Wildman–Crippen MR) is 232 cm³/mol. The van der Waals surface area contributed by atoms with Crippen molar-refractivity contribution in [2.75, 3.05) is 12.0 Å². The number of esters is 4. The Kier molecular flexibility index (Phi) is 23.9. The number of rotatable bonds is 24. The van der Waals surface area contributed by atoms with Gasteiger partial charge in [-0.05, 0) is 121 Å². The topological polar surface area (TPSA) is 288 Å². The molecule has 0 aromatic carbocycles. The van der Waals surface area contributed by atoms with Crippen molar-refractivity contribution in [3.63, 3.8) is 0 Å². The van der Waals surface area contributed by atoms with Gasteiger partial charge in [0.15, 0.2) is 0 Å². The monoisotopic (exact) mass is 917 g/mol. The summed E-state index contributed by atoms with van der Waals surface area (Å²) in [4.78, 5) is 130. The second-order valence-electron chi connectivity index (χ2n) is 18.8. The quantitative estimate of drug-likeness (QED) is 0.0599. The summed E-state index contributed by atoms with van der Waals surface area (Å²) in [6, 6.07) is -7.62. The van der Waals surface area contributed by atoms with Crippen LogP contribution in [0.5, 0.6) is 0 Å². The fraction of sp³-hybridized carbons (Fsp3) is 0.762. The number of carboxylic acid groups (broad SMARTS) is 1. The van der Waals surface area contributed by atoms with Crippen LogP contribution < -0.4 is 26.6 Å². The van der Waals surface area contributed by atoms with Gasteiger partial charge in [-0.3, -0.25) is 43.2 Å². The van der Waals surface area contributed by atoms with Gasteiger partial charge in [0.2, 0.25) is 29.5 Å². The van der Waals surface area contributed by atoms with E-state index in [2.05, 4.69) is 26.6 Å². The van der Waals surface area contributed by atoms with Gasteiger partial charge in [0.1, 0.15) is 52.6 Å². The normalized spacial score (nSPS) is 14.3. The van der Waals surface area contributed by atoms with E-state index in [1.807, 2.05) is 0 Å². The van der Waals surface area contributed by atoms with Crippen molar-refractivity contribution < 1.29 is 72.0 Å². The molecule has 6 N–H and O–H groups in total. The third kappa shape index (κ3) is 28.4. The van der Waals surface area contributed by atoms with E-state index in [9.17, 15) is 53.1 Å². The molecule has 360 valence electrons. The van der Waals surface area contributed by atoms with Crippen molar-refractivity contribution in [1.82, 2.24) is 26.6 Å². The smallest absolute Gasteiger partial charge is 0.326 e. The minimum absolute atomic E-state index is 0.0350. The highest BCUT2D eigenvalue weighted by molar-refractivity contribution is 7.98. The van der Waals surface area contributed by atoms with Gasteiger partial charge in [-0.2, -0.15) is 11.8 Å². The number of amides is 5. The van der Waals surface area contributed by atoms with Gasteiger partial charge in [-0.25, -0.2) is 4.79 Å². The van der Waals surface area contributed by atoms with Crippen LogP contribution in [0.1, 0.15) is 141 Å². The number of carbonyl (C=O) groups is 10. The van der Waals surface area contributed by atoms with Crippen LogP contribution in [-0.4, -0.2) is 129 Å². The molecule has 0 spiro atoms. The van der Waals surface area contributed by atoms with E-state index in [4.69, 9.17) is 18.9 Å². The Morgan fingerprint density at radius 2 is 0.730 bits per heavy atom. The maximum Gasteiger partial charge on any atom is 0.326 e. The van der Waals surface area contributed by atoms with Gasteiger partial charge in [-0.15, -0.1) is 0 Å². The van der Waals surface area contributed by atoms with Crippen LogP contribution in [0.4, 0.5) is 0 Å². The SMILES string of the molecule is CSCC[C@H](NC(=O)[C@H](CCC(=O)OC(C)(C)C)NC(=O)[C@H](CC(=O)OC(C)(C)C)NC(C)=O)C(=O)N[C@@H](CCC(=O)OC(C)(C)C)C(=O)N[C@@H](CCC(=O)OC(C)(C)C)C(=O)O. The van der Waals surface area contributed by atoms with E-state index < -0.39 is 125 Å². The maximum atomic E-state index is 14.0. The highest BCUT2D eigenvalue weighted by Gasteiger charge is 2.35. The average Bonchev–Trinajstić information content (AvgIpc) is 3.07. The molecule has 0 saturated carbocycles. The van der Waals surface area contributed by atoms with Crippen molar-refractivity contribution in [1.29, 1.82) is 0 Å². The van der Waals surface area contributed by atoms with Gasteiger partial charge in [0.05, 0.1) is 6.42 Å². The molecule has 0 saturated heterocycles. The number of hydrogen-bond acceptors (Lipinski definition) is 15. The Labute approximate surface area is 374 Å². The summed E-state index contributed by atoms with van der Waals surface area (Å²) in [5, 5.41) is 22.1. The zero-order valence-corrected chi connectivity index (χ0v) is 40.1. The van der Waals surface area contributed by atoms with Crippen LogP contribution >= 0.6 is 11.8 Å². The van der Waals surface area contributed by atoms with Crippen LogP contribution in [-0.2, 0) is 66.9 Å². The zero-order valence-electron chi connectivity index (χ0n) is 39.3. The second-order valence-corrected chi connectivity index (χ2v) is 19.8. The molecule has 0 aliphatic carbocycles. The van der Waals surface area contributed by atoms with Crippen molar-refractivity contribution in [3.05, 3.63) is 0 Å². The molecule has 20 nitrogen and oxygen atoms in total. The van der Waals surface area contributed by atoms with Crippen LogP contribution in [0.3, 0.4) is 0 Å². The second kappa shape index (κ2) is 26.0. The van der Waals surface area contributed by atoms with Gasteiger partial charge in [0, 0.05) is 26.2 Å². The molecule has 0 rings (SSSR count). The molecule has 0 unspecified atom stereocenters. The molecule has 0 heterocycles.